The van der Waals surface area contributed by atoms with Gasteiger partial charge in [0.25, 0.3) is 0 Å². The zero-order valence-electron chi connectivity index (χ0n) is 54.7. The van der Waals surface area contributed by atoms with Crippen molar-refractivity contribution in [2.75, 3.05) is 13.2 Å². The predicted molar refractivity (Wildman–Crippen MR) is 356 cm³/mol. The fourth-order valence-electron chi connectivity index (χ4n) is 10.7. The summed E-state index contributed by atoms with van der Waals surface area (Å²) in [6.45, 7) is 5.68. The maximum atomic E-state index is 13.5. The lowest BCUT2D eigenvalue weighted by Crippen LogP contribution is -2.61. The number of unbranched alkanes of at least 4 members (excludes halogenated alkanes) is 34. The highest BCUT2D eigenvalue weighted by molar-refractivity contribution is 5.80. The van der Waals surface area contributed by atoms with Gasteiger partial charge in [-0.3, -0.25) is 9.59 Å². The van der Waals surface area contributed by atoms with Crippen LogP contribution in [0.2, 0.25) is 0 Å². The summed E-state index contributed by atoms with van der Waals surface area (Å²) in [6, 6.07) is -1.05. The van der Waals surface area contributed by atoms with Crippen LogP contribution in [0.25, 0.3) is 0 Å². The van der Waals surface area contributed by atoms with Gasteiger partial charge in [0, 0.05) is 6.42 Å². The van der Waals surface area contributed by atoms with E-state index < -0.39 is 67.4 Å². The van der Waals surface area contributed by atoms with Crippen molar-refractivity contribution in [1.29, 1.82) is 0 Å². The zero-order valence-corrected chi connectivity index (χ0v) is 54.7. The van der Waals surface area contributed by atoms with E-state index >= 15 is 0 Å². The van der Waals surface area contributed by atoms with E-state index in [1.54, 1.807) is 6.08 Å². The fourth-order valence-corrected chi connectivity index (χ4v) is 10.7. The van der Waals surface area contributed by atoms with Gasteiger partial charge < -0.3 is 45.1 Å². The first-order valence-corrected chi connectivity index (χ1v) is 35.4. The molecular weight excluding hydrogens is 1060 g/mol. The SMILES string of the molecule is CC/C=C\C/C=C\C/C=C\C/C=C\C/C=C\CCCCC(O)C(=O)NC(COC1OC(CO)C(O)C(O)C1OC(=O)CCCCCCCCCCCCCCCCC/C=C/CCCCCCCC)C(O)/C=C/CCCCCCCCCCCCC. The molecule has 1 saturated heterocycles. The van der Waals surface area contributed by atoms with Crippen molar-refractivity contribution in [3.05, 3.63) is 85.1 Å². The molecule has 1 aliphatic heterocycles. The van der Waals surface area contributed by atoms with E-state index in [4.69, 9.17) is 14.2 Å². The van der Waals surface area contributed by atoms with Crippen LogP contribution in [-0.4, -0.2) is 99.6 Å². The second-order valence-corrected chi connectivity index (χ2v) is 24.2. The highest BCUT2D eigenvalue weighted by atomic mass is 16.7. The predicted octanol–water partition coefficient (Wildman–Crippen LogP) is 18.1. The molecule has 11 heteroatoms. The van der Waals surface area contributed by atoms with Crippen LogP contribution >= 0.6 is 0 Å². The maximum absolute atomic E-state index is 13.5. The Balaban J connectivity index is 2.60. The standard InChI is InChI=1S/C74H131NO10/c1-4-7-10-13-16-19-22-25-27-29-31-32-33-34-35-36-37-39-41-44-47-50-53-56-59-62-69(79)85-72-71(81)70(80)68(63-76)84-74(72)83-64-65(66(77)60-57-54-51-48-45-42-24-21-18-15-12-9-6-3)75-73(82)67(78)61-58-55-52-49-46-43-40-38-30-28-26-23-20-17-14-11-8-5-2/h8,11,17,20,25-28,38,40,46,49,57,60,65-68,70-72,74,76-78,80-81H,4-7,9-10,12-16,18-19,21-24,29-37,39,41-45,47-48,50-56,58-59,61-64H2,1-3H3,(H,75,82)/b11-8-,20-17-,27-25+,28-26-,40-38-,49-46-,60-57+. The molecule has 0 bridgehead atoms. The molecule has 0 spiro atoms. The molecule has 0 saturated carbocycles. The number of rotatable bonds is 60. The van der Waals surface area contributed by atoms with Crippen molar-refractivity contribution in [3.63, 3.8) is 0 Å². The highest BCUT2D eigenvalue weighted by Gasteiger charge is 2.47. The molecule has 0 radical (unpaired) electrons. The van der Waals surface area contributed by atoms with E-state index in [0.717, 1.165) is 83.5 Å². The second kappa shape index (κ2) is 61.1. The third kappa shape index (κ3) is 48.4. The van der Waals surface area contributed by atoms with E-state index in [2.05, 4.69) is 99.0 Å². The molecule has 1 amide bonds. The van der Waals surface area contributed by atoms with Crippen molar-refractivity contribution < 1.29 is 49.3 Å². The molecule has 0 aromatic rings. The van der Waals surface area contributed by atoms with Crippen LogP contribution in [0, 0.1) is 0 Å². The molecule has 11 nitrogen and oxygen atoms in total. The summed E-state index contributed by atoms with van der Waals surface area (Å²) in [5, 5.41) is 57.2. The van der Waals surface area contributed by atoms with Crippen molar-refractivity contribution in [2.24, 2.45) is 0 Å². The molecule has 0 aromatic carbocycles. The average molecular weight is 1190 g/mol. The number of esters is 1. The smallest absolute Gasteiger partial charge is 0.306 e. The largest absolute Gasteiger partial charge is 0.454 e. The first-order chi connectivity index (χ1) is 41.7. The fraction of sp³-hybridized carbons (Fsp3) is 0.784. The molecule has 0 aromatic heterocycles. The van der Waals surface area contributed by atoms with Crippen molar-refractivity contribution in [2.45, 2.75) is 359 Å². The van der Waals surface area contributed by atoms with Crippen LogP contribution in [0.15, 0.2) is 85.1 Å². The lowest BCUT2D eigenvalue weighted by Gasteiger charge is -2.41. The van der Waals surface area contributed by atoms with Gasteiger partial charge in [-0.05, 0) is 96.3 Å². The minimum Gasteiger partial charge on any atom is -0.454 e. The van der Waals surface area contributed by atoms with E-state index in [1.165, 1.54) is 180 Å². The molecule has 492 valence electrons. The van der Waals surface area contributed by atoms with Crippen molar-refractivity contribution in [1.82, 2.24) is 5.32 Å². The summed E-state index contributed by atoms with van der Waals surface area (Å²) in [7, 11) is 0. The number of aliphatic hydroxyl groups is 5. The Morgan fingerprint density at radius 3 is 1.28 bits per heavy atom. The molecular formula is C74H131NO10. The number of carbonyl (C=O) groups excluding carboxylic acids is 2. The molecule has 1 aliphatic rings. The molecule has 1 heterocycles. The van der Waals surface area contributed by atoms with Gasteiger partial charge in [-0.1, -0.05) is 292 Å². The summed E-state index contributed by atoms with van der Waals surface area (Å²) >= 11 is 0. The van der Waals surface area contributed by atoms with Gasteiger partial charge in [0.2, 0.25) is 5.91 Å². The molecule has 1 fully saturated rings. The Hall–Kier alpha value is -3.16. The highest BCUT2D eigenvalue weighted by Crippen LogP contribution is 2.26. The van der Waals surface area contributed by atoms with Gasteiger partial charge in [-0.2, -0.15) is 0 Å². The van der Waals surface area contributed by atoms with Crippen LogP contribution in [0.5, 0.6) is 0 Å². The number of nitrogens with one attached hydrogen (secondary N) is 1. The Bertz CT molecular complexity index is 1710. The normalized spacial score (nSPS) is 18.9. The van der Waals surface area contributed by atoms with Crippen LogP contribution in [0.4, 0.5) is 0 Å². The Morgan fingerprint density at radius 1 is 0.471 bits per heavy atom. The number of hydrogen-bond donors (Lipinski definition) is 6. The van der Waals surface area contributed by atoms with Crippen LogP contribution < -0.4 is 5.32 Å². The molecule has 0 aliphatic carbocycles. The summed E-state index contributed by atoms with van der Waals surface area (Å²) in [5.74, 6) is -1.22. The van der Waals surface area contributed by atoms with Gasteiger partial charge in [0.05, 0.1) is 25.4 Å². The summed E-state index contributed by atoms with van der Waals surface area (Å²) in [5.41, 5.74) is 0. The molecule has 1 rings (SSSR count). The third-order valence-electron chi connectivity index (χ3n) is 16.3. The number of allylic oxidation sites excluding steroid dienone is 13. The Kier molecular flexibility index (Phi) is 57.4. The number of carbonyl (C=O) groups is 2. The van der Waals surface area contributed by atoms with Crippen molar-refractivity contribution >= 4 is 11.9 Å². The zero-order chi connectivity index (χ0) is 61.7. The maximum Gasteiger partial charge on any atom is 0.306 e. The quantitative estimate of drug-likeness (QED) is 0.0195. The van der Waals surface area contributed by atoms with Crippen LogP contribution in [0.3, 0.4) is 0 Å². The van der Waals surface area contributed by atoms with E-state index in [0.29, 0.717) is 12.8 Å². The van der Waals surface area contributed by atoms with Gasteiger partial charge >= 0.3 is 5.97 Å². The van der Waals surface area contributed by atoms with E-state index in [9.17, 15) is 35.1 Å². The minimum atomic E-state index is -1.62. The average Bonchev–Trinajstić information content (AvgIpc) is 3.21. The Labute approximate surface area is 521 Å². The molecule has 8 atom stereocenters. The summed E-state index contributed by atoms with van der Waals surface area (Å²) in [6.07, 6.45) is 70.6. The van der Waals surface area contributed by atoms with E-state index in [1.807, 2.05) is 6.08 Å². The van der Waals surface area contributed by atoms with Gasteiger partial charge in [-0.25, -0.2) is 0 Å². The first kappa shape index (κ1) is 79.9. The lowest BCUT2D eigenvalue weighted by molar-refractivity contribution is -0.305. The van der Waals surface area contributed by atoms with Gasteiger partial charge in [-0.15, -0.1) is 0 Å². The molecule has 6 N–H and O–H groups in total. The van der Waals surface area contributed by atoms with E-state index in [-0.39, 0.29) is 19.4 Å². The monoisotopic (exact) mass is 1190 g/mol. The Morgan fingerprint density at radius 2 is 0.847 bits per heavy atom. The summed E-state index contributed by atoms with van der Waals surface area (Å²) < 4.78 is 17.7. The lowest BCUT2D eigenvalue weighted by atomic mass is 9.99. The first-order valence-electron chi connectivity index (χ1n) is 35.4. The number of hydrogen-bond acceptors (Lipinski definition) is 10. The number of ether oxygens (including phenoxy) is 3. The van der Waals surface area contributed by atoms with Gasteiger partial charge in [0.1, 0.15) is 24.4 Å². The third-order valence-corrected chi connectivity index (χ3v) is 16.3. The van der Waals surface area contributed by atoms with Crippen LogP contribution in [-0.2, 0) is 23.8 Å². The minimum absolute atomic E-state index is 0.118. The summed E-state index contributed by atoms with van der Waals surface area (Å²) in [4.78, 5) is 26.7. The topological polar surface area (TPSA) is 175 Å². The van der Waals surface area contributed by atoms with Gasteiger partial charge in [0.15, 0.2) is 12.4 Å². The van der Waals surface area contributed by atoms with Crippen molar-refractivity contribution in [3.8, 4) is 0 Å². The number of amides is 1. The number of aliphatic hydroxyl groups excluding tert-OH is 5. The molecule has 85 heavy (non-hydrogen) atoms. The second-order valence-electron chi connectivity index (χ2n) is 24.2. The molecule has 8 unspecified atom stereocenters. The van der Waals surface area contributed by atoms with Crippen LogP contribution in [0.1, 0.15) is 310 Å².